The summed E-state index contributed by atoms with van der Waals surface area (Å²) in [5, 5.41) is 0. The van der Waals surface area contributed by atoms with E-state index in [1.54, 1.807) is 7.11 Å². The monoisotopic (exact) mass is 262 g/mol. The van der Waals surface area contributed by atoms with Crippen LogP contribution in [0.25, 0.3) is 0 Å². The Morgan fingerprint density at radius 2 is 2.21 bits per heavy atom. The van der Waals surface area contributed by atoms with Gasteiger partial charge in [0.05, 0.1) is 7.11 Å². The van der Waals surface area contributed by atoms with Gasteiger partial charge in [-0.1, -0.05) is 6.92 Å². The van der Waals surface area contributed by atoms with Gasteiger partial charge < -0.3 is 15.4 Å². The largest absolute Gasteiger partial charge is 0.496 e. The van der Waals surface area contributed by atoms with Crippen molar-refractivity contribution in [2.75, 3.05) is 19.4 Å². The van der Waals surface area contributed by atoms with Crippen LogP contribution in [0.5, 0.6) is 5.75 Å². The molecule has 104 valence electrons. The summed E-state index contributed by atoms with van der Waals surface area (Å²) in [6.07, 6.45) is 2.70. The predicted molar refractivity (Wildman–Crippen MR) is 75.8 cm³/mol. The number of ether oxygens (including phenoxy) is 1. The Kier molecular flexibility index (Phi) is 4.30. The Bertz CT molecular complexity index is 459. The van der Waals surface area contributed by atoms with Crippen LogP contribution in [0.3, 0.4) is 0 Å². The summed E-state index contributed by atoms with van der Waals surface area (Å²) in [6.45, 7) is 3.61. The fourth-order valence-electron chi connectivity index (χ4n) is 2.47. The first kappa shape index (κ1) is 13.7. The lowest BCUT2D eigenvalue weighted by Gasteiger charge is -2.22. The van der Waals surface area contributed by atoms with Crippen LogP contribution in [0.2, 0.25) is 0 Å². The van der Waals surface area contributed by atoms with Gasteiger partial charge in [0.2, 0.25) is 5.91 Å². The zero-order valence-corrected chi connectivity index (χ0v) is 11.7. The number of hydrogen-bond acceptors (Lipinski definition) is 3. The van der Waals surface area contributed by atoms with Crippen molar-refractivity contribution >= 4 is 11.6 Å². The Morgan fingerprint density at radius 1 is 1.42 bits per heavy atom. The van der Waals surface area contributed by atoms with Gasteiger partial charge in [-0.2, -0.15) is 0 Å². The number of carbonyl (C=O) groups excluding carboxylic acids is 1. The van der Waals surface area contributed by atoms with Crippen LogP contribution in [-0.2, 0) is 11.3 Å². The standard InChI is InChI=1S/C15H22N2O2/c1-11-3-6-15(18)17(8-7-11)10-12-9-13(16)4-5-14(12)19-2/h4-5,9,11H,3,6-8,10,16H2,1-2H3. The summed E-state index contributed by atoms with van der Waals surface area (Å²) in [7, 11) is 1.64. The summed E-state index contributed by atoms with van der Waals surface area (Å²) in [6, 6.07) is 5.56. The third kappa shape index (κ3) is 3.40. The highest BCUT2D eigenvalue weighted by Crippen LogP contribution is 2.25. The van der Waals surface area contributed by atoms with Crippen LogP contribution in [0.4, 0.5) is 5.69 Å². The number of benzene rings is 1. The molecule has 0 saturated carbocycles. The molecule has 0 radical (unpaired) electrons. The minimum Gasteiger partial charge on any atom is -0.496 e. The van der Waals surface area contributed by atoms with Gasteiger partial charge in [-0.25, -0.2) is 0 Å². The molecule has 1 unspecified atom stereocenters. The smallest absolute Gasteiger partial charge is 0.222 e. The van der Waals surface area contributed by atoms with Crippen molar-refractivity contribution in [3.8, 4) is 5.75 Å². The van der Waals surface area contributed by atoms with E-state index in [0.717, 1.165) is 30.7 Å². The molecular weight excluding hydrogens is 240 g/mol. The molecule has 1 amide bonds. The summed E-state index contributed by atoms with van der Waals surface area (Å²) in [4.78, 5) is 14.0. The van der Waals surface area contributed by atoms with Crippen molar-refractivity contribution in [1.29, 1.82) is 0 Å². The second kappa shape index (κ2) is 5.95. The van der Waals surface area contributed by atoms with E-state index in [2.05, 4.69) is 6.92 Å². The summed E-state index contributed by atoms with van der Waals surface area (Å²) in [5.74, 6) is 1.64. The molecule has 0 aliphatic carbocycles. The number of anilines is 1. The summed E-state index contributed by atoms with van der Waals surface area (Å²) >= 11 is 0. The number of rotatable bonds is 3. The van der Waals surface area contributed by atoms with E-state index in [1.165, 1.54) is 0 Å². The zero-order chi connectivity index (χ0) is 13.8. The van der Waals surface area contributed by atoms with E-state index in [-0.39, 0.29) is 5.91 Å². The first-order valence-electron chi connectivity index (χ1n) is 6.80. The van der Waals surface area contributed by atoms with E-state index in [9.17, 15) is 4.79 Å². The van der Waals surface area contributed by atoms with Crippen LogP contribution < -0.4 is 10.5 Å². The van der Waals surface area contributed by atoms with Crippen LogP contribution in [0.15, 0.2) is 18.2 Å². The number of hydrogen-bond donors (Lipinski definition) is 1. The molecule has 4 nitrogen and oxygen atoms in total. The lowest BCUT2D eigenvalue weighted by atomic mass is 10.0. The molecule has 1 saturated heterocycles. The third-order valence-corrected chi connectivity index (χ3v) is 3.76. The first-order valence-corrected chi connectivity index (χ1v) is 6.80. The van der Waals surface area contributed by atoms with Gasteiger partial charge in [-0.15, -0.1) is 0 Å². The van der Waals surface area contributed by atoms with Crippen molar-refractivity contribution < 1.29 is 9.53 Å². The molecule has 4 heteroatoms. The highest BCUT2D eigenvalue weighted by Gasteiger charge is 2.21. The number of nitrogens with zero attached hydrogens (tertiary/aromatic N) is 1. The van der Waals surface area contributed by atoms with E-state index in [0.29, 0.717) is 24.6 Å². The molecule has 1 heterocycles. The van der Waals surface area contributed by atoms with E-state index < -0.39 is 0 Å². The quantitative estimate of drug-likeness (QED) is 0.851. The average molecular weight is 262 g/mol. The highest BCUT2D eigenvalue weighted by molar-refractivity contribution is 5.76. The highest BCUT2D eigenvalue weighted by atomic mass is 16.5. The van der Waals surface area contributed by atoms with Gasteiger partial charge in [0, 0.05) is 30.8 Å². The van der Waals surface area contributed by atoms with E-state index >= 15 is 0 Å². The number of nitrogens with two attached hydrogens (primary N) is 1. The molecule has 1 aromatic rings. The molecule has 0 aromatic heterocycles. The molecule has 2 N–H and O–H groups in total. The lowest BCUT2D eigenvalue weighted by molar-refractivity contribution is -0.131. The molecule has 1 fully saturated rings. The minimum absolute atomic E-state index is 0.230. The maximum atomic E-state index is 12.1. The van der Waals surface area contributed by atoms with Crippen LogP contribution in [0.1, 0.15) is 31.7 Å². The van der Waals surface area contributed by atoms with E-state index in [4.69, 9.17) is 10.5 Å². The lowest BCUT2D eigenvalue weighted by Crippen LogP contribution is -2.30. The van der Waals surface area contributed by atoms with Crippen LogP contribution in [0, 0.1) is 5.92 Å². The van der Waals surface area contributed by atoms with Crippen LogP contribution in [-0.4, -0.2) is 24.5 Å². The van der Waals surface area contributed by atoms with Gasteiger partial charge in [-0.05, 0) is 37.0 Å². The molecular formula is C15H22N2O2. The maximum Gasteiger partial charge on any atom is 0.222 e. The second-order valence-electron chi connectivity index (χ2n) is 5.32. The molecule has 1 aliphatic heterocycles. The Balaban J connectivity index is 2.15. The molecule has 2 rings (SSSR count). The maximum absolute atomic E-state index is 12.1. The molecule has 1 aliphatic rings. The minimum atomic E-state index is 0.230. The predicted octanol–water partition coefficient (Wildman–Crippen LogP) is 2.43. The zero-order valence-electron chi connectivity index (χ0n) is 11.7. The first-order chi connectivity index (χ1) is 9.10. The SMILES string of the molecule is COc1ccc(N)cc1CN1CCC(C)CCC1=O. The summed E-state index contributed by atoms with van der Waals surface area (Å²) in [5.41, 5.74) is 7.49. The topological polar surface area (TPSA) is 55.6 Å². The van der Waals surface area contributed by atoms with Gasteiger partial charge in [0.15, 0.2) is 0 Å². The van der Waals surface area contributed by atoms with Gasteiger partial charge >= 0.3 is 0 Å². The fraction of sp³-hybridized carbons (Fsp3) is 0.533. The van der Waals surface area contributed by atoms with E-state index in [1.807, 2.05) is 23.1 Å². The Labute approximate surface area is 114 Å². The molecule has 19 heavy (non-hydrogen) atoms. The van der Waals surface area contributed by atoms with Crippen molar-refractivity contribution in [3.63, 3.8) is 0 Å². The van der Waals surface area contributed by atoms with Crippen molar-refractivity contribution in [3.05, 3.63) is 23.8 Å². The number of methoxy groups -OCH3 is 1. The van der Waals surface area contributed by atoms with Gasteiger partial charge in [0.25, 0.3) is 0 Å². The van der Waals surface area contributed by atoms with Gasteiger partial charge in [0.1, 0.15) is 5.75 Å². The molecule has 1 atom stereocenters. The number of amides is 1. The second-order valence-corrected chi connectivity index (χ2v) is 5.32. The number of carbonyl (C=O) groups is 1. The molecule has 0 bridgehead atoms. The summed E-state index contributed by atoms with van der Waals surface area (Å²) < 4.78 is 5.34. The fourth-order valence-corrected chi connectivity index (χ4v) is 2.47. The van der Waals surface area contributed by atoms with Crippen LogP contribution >= 0.6 is 0 Å². The number of nitrogen functional groups attached to an aromatic ring is 1. The number of likely N-dealkylation sites (tertiary alicyclic amines) is 1. The average Bonchev–Trinajstić information content (AvgIpc) is 2.54. The van der Waals surface area contributed by atoms with Gasteiger partial charge in [-0.3, -0.25) is 4.79 Å². The third-order valence-electron chi connectivity index (χ3n) is 3.76. The van der Waals surface area contributed by atoms with Crippen molar-refractivity contribution in [1.82, 2.24) is 4.90 Å². The normalized spacial score (nSPS) is 20.2. The molecule has 0 spiro atoms. The van der Waals surface area contributed by atoms with Crippen molar-refractivity contribution in [2.45, 2.75) is 32.7 Å². The Hall–Kier alpha value is -1.71. The molecule has 1 aromatic carbocycles. The Morgan fingerprint density at radius 3 is 2.95 bits per heavy atom. The van der Waals surface area contributed by atoms with Crippen molar-refractivity contribution in [2.24, 2.45) is 5.92 Å².